The molecule has 4 heteroatoms. The summed E-state index contributed by atoms with van der Waals surface area (Å²) in [5.41, 5.74) is 1.02. The first kappa shape index (κ1) is 13.2. The minimum absolute atomic E-state index is 0.0896. The molecule has 0 spiro atoms. The fourth-order valence-electron chi connectivity index (χ4n) is 1.78. The number of hydrogen-bond donors (Lipinski definition) is 1. The van der Waals surface area contributed by atoms with Crippen LogP contribution in [0.1, 0.15) is 36.0 Å². The van der Waals surface area contributed by atoms with Crippen LogP contribution in [0.4, 0.5) is 0 Å². The van der Waals surface area contributed by atoms with Crippen molar-refractivity contribution < 1.29 is 13.9 Å². The average Bonchev–Trinajstić information content (AvgIpc) is 2.94. The van der Waals surface area contributed by atoms with Crippen LogP contribution in [0.2, 0.25) is 0 Å². The first-order chi connectivity index (χ1) is 9.20. The van der Waals surface area contributed by atoms with E-state index in [1.54, 1.807) is 12.1 Å². The summed E-state index contributed by atoms with van der Waals surface area (Å²) < 4.78 is 10.4. The van der Waals surface area contributed by atoms with Gasteiger partial charge in [0.2, 0.25) is 0 Å². The van der Waals surface area contributed by atoms with Gasteiger partial charge in [0, 0.05) is 0 Å². The third-order valence-corrected chi connectivity index (χ3v) is 2.78. The lowest BCUT2D eigenvalue weighted by Gasteiger charge is -2.14. The number of rotatable bonds is 5. The molecule has 0 fully saturated rings. The summed E-state index contributed by atoms with van der Waals surface area (Å²) in [4.78, 5) is 11.8. The number of furan rings is 1. The quantitative estimate of drug-likeness (QED) is 0.897. The van der Waals surface area contributed by atoms with E-state index in [4.69, 9.17) is 9.15 Å². The molecule has 2 rings (SSSR count). The molecule has 4 nitrogen and oxygen atoms in total. The molecule has 1 N–H and O–H groups in total. The van der Waals surface area contributed by atoms with E-state index in [0.717, 1.165) is 11.3 Å². The normalized spacial score (nSPS) is 11.9. The standard InChI is InChI=1S/C15H17NO3/c1-3-18-13-8-6-12(7-9-13)11(2)16-15(17)14-5-4-10-19-14/h4-11H,3H2,1-2H3,(H,16,17). The Morgan fingerprint density at radius 3 is 2.63 bits per heavy atom. The molecule has 1 aromatic heterocycles. The van der Waals surface area contributed by atoms with Crippen molar-refractivity contribution >= 4 is 5.91 Å². The van der Waals surface area contributed by atoms with Gasteiger partial charge in [-0.15, -0.1) is 0 Å². The van der Waals surface area contributed by atoms with Gasteiger partial charge >= 0.3 is 0 Å². The highest BCUT2D eigenvalue weighted by molar-refractivity contribution is 5.91. The Morgan fingerprint density at radius 1 is 1.32 bits per heavy atom. The van der Waals surface area contributed by atoms with E-state index in [0.29, 0.717) is 12.4 Å². The molecule has 0 aliphatic rings. The van der Waals surface area contributed by atoms with Gasteiger partial charge in [-0.05, 0) is 43.7 Å². The second-order valence-corrected chi connectivity index (χ2v) is 4.17. The molecule has 0 aliphatic heterocycles. The van der Waals surface area contributed by atoms with Crippen LogP contribution in [0.25, 0.3) is 0 Å². The van der Waals surface area contributed by atoms with Crippen LogP contribution in [0.3, 0.4) is 0 Å². The highest BCUT2D eigenvalue weighted by atomic mass is 16.5. The first-order valence-corrected chi connectivity index (χ1v) is 6.28. The molecule has 100 valence electrons. The Bertz CT molecular complexity index is 517. The highest BCUT2D eigenvalue weighted by Crippen LogP contribution is 2.18. The Hall–Kier alpha value is -2.23. The smallest absolute Gasteiger partial charge is 0.287 e. The number of carbonyl (C=O) groups is 1. The van der Waals surface area contributed by atoms with Gasteiger partial charge in [0.05, 0.1) is 18.9 Å². The van der Waals surface area contributed by atoms with Crippen molar-refractivity contribution in [3.05, 3.63) is 54.0 Å². The molecule has 0 bridgehead atoms. The minimum atomic E-state index is -0.216. The summed E-state index contributed by atoms with van der Waals surface area (Å²) in [6.07, 6.45) is 1.48. The predicted molar refractivity (Wildman–Crippen MR) is 72.2 cm³/mol. The van der Waals surface area contributed by atoms with Gasteiger partial charge in [-0.3, -0.25) is 4.79 Å². The third-order valence-electron chi connectivity index (χ3n) is 2.78. The molecule has 19 heavy (non-hydrogen) atoms. The van der Waals surface area contributed by atoms with Crippen LogP contribution < -0.4 is 10.1 Å². The van der Waals surface area contributed by atoms with Crippen molar-refractivity contribution in [3.63, 3.8) is 0 Å². The van der Waals surface area contributed by atoms with Gasteiger partial charge in [-0.1, -0.05) is 12.1 Å². The summed E-state index contributed by atoms with van der Waals surface area (Å²) in [6.45, 7) is 4.51. The van der Waals surface area contributed by atoms with Crippen LogP contribution in [0, 0.1) is 0 Å². The van der Waals surface area contributed by atoms with Crippen molar-refractivity contribution in [2.24, 2.45) is 0 Å². The molecule has 0 saturated heterocycles. The van der Waals surface area contributed by atoms with Gasteiger partial charge < -0.3 is 14.5 Å². The minimum Gasteiger partial charge on any atom is -0.494 e. The van der Waals surface area contributed by atoms with Crippen LogP contribution in [-0.4, -0.2) is 12.5 Å². The zero-order valence-electron chi connectivity index (χ0n) is 11.1. The number of hydrogen-bond acceptors (Lipinski definition) is 3. The summed E-state index contributed by atoms with van der Waals surface area (Å²) >= 11 is 0. The summed E-state index contributed by atoms with van der Waals surface area (Å²) in [5, 5.41) is 2.88. The van der Waals surface area contributed by atoms with E-state index in [2.05, 4.69) is 5.32 Å². The zero-order valence-corrected chi connectivity index (χ0v) is 11.1. The molecule has 1 atom stereocenters. The summed E-state index contributed by atoms with van der Waals surface area (Å²) in [7, 11) is 0. The van der Waals surface area contributed by atoms with Crippen LogP contribution in [0.5, 0.6) is 5.75 Å². The van der Waals surface area contributed by atoms with Crippen molar-refractivity contribution in [2.45, 2.75) is 19.9 Å². The van der Waals surface area contributed by atoms with E-state index in [9.17, 15) is 4.79 Å². The SMILES string of the molecule is CCOc1ccc(C(C)NC(=O)c2ccco2)cc1. The van der Waals surface area contributed by atoms with Gasteiger partial charge in [-0.25, -0.2) is 0 Å². The van der Waals surface area contributed by atoms with E-state index in [-0.39, 0.29) is 11.9 Å². The number of amides is 1. The van der Waals surface area contributed by atoms with E-state index >= 15 is 0 Å². The lowest BCUT2D eigenvalue weighted by atomic mass is 10.1. The van der Waals surface area contributed by atoms with Crippen molar-refractivity contribution in [2.75, 3.05) is 6.61 Å². The monoisotopic (exact) mass is 259 g/mol. The number of benzene rings is 1. The molecule has 2 aromatic rings. The van der Waals surface area contributed by atoms with E-state index < -0.39 is 0 Å². The predicted octanol–water partition coefficient (Wildman–Crippen LogP) is 3.17. The van der Waals surface area contributed by atoms with Crippen LogP contribution in [-0.2, 0) is 0 Å². The van der Waals surface area contributed by atoms with Crippen LogP contribution >= 0.6 is 0 Å². The molecule has 1 aromatic carbocycles. The molecule has 0 radical (unpaired) electrons. The van der Waals surface area contributed by atoms with Gasteiger partial charge in [0.25, 0.3) is 5.91 Å². The van der Waals surface area contributed by atoms with Crippen molar-refractivity contribution in [3.8, 4) is 5.75 Å². The lowest BCUT2D eigenvalue weighted by molar-refractivity contribution is 0.0912. The third kappa shape index (κ3) is 3.37. The average molecular weight is 259 g/mol. The number of carbonyl (C=O) groups excluding carboxylic acids is 1. The summed E-state index contributed by atoms with van der Waals surface area (Å²) in [5.74, 6) is 0.931. The van der Waals surface area contributed by atoms with Crippen molar-refractivity contribution in [1.82, 2.24) is 5.32 Å². The Balaban J connectivity index is 1.99. The van der Waals surface area contributed by atoms with Gasteiger partial charge in [0.1, 0.15) is 5.75 Å². The maximum absolute atomic E-state index is 11.8. The molecular weight excluding hydrogens is 242 g/mol. The topological polar surface area (TPSA) is 51.5 Å². The van der Waals surface area contributed by atoms with Gasteiger partial charge in [-0.2, -0.15) is 0 Å². The maximum atomic E-state index is 11.8. The van der Waals surface area contributed by atoms with E-state index in [1.807, 2.05) is 38.1 Å². The fourth-order valence-corrected chi connectivity index (χ4v) is 1.78. The molecule has 0 saturated carbocycles. The lowest BCUT2D eigenvalue weighted by Crippen LogP contribution is -2.26. The Kier molecular flexibility index (Phi) is 4.23. The molecule has 1 unspecified atom stereocenters. The zero-order chi connectivity index (χ0) is 13.7. The van der Waals surface area contributed by atoms with Crippen LogP contribution in [0.15, 0.2) is 47.1 Å². The number of ether oxygens (including phenoxy) is 1. The highest BCUT2D eigenvalue weighted by Gasteiger charge is 2.13. The molecular formula is C15H17NO3. The second kappa shape index (κ2) is 6.09. The molecule has 1 amide bonds. The second-order valence-electron chi connectivity index (χ2n) is 4.17. The maximum Gasteiger partial charge on any atom is 0.287 e. The molecule has 0 aliphatic carbocycles. The Labute approximate surface area is 112 Å². The fraction of sp³-hybridized carbons (Fsp3) is 0.267. The van der Waals surface area contributed by atoms with E-state index in [1.165, 1.54) is 6.26 Å². The largest absolute Gasteiger partial charge is 0.494 e. The summed E-state index contributed by atoms with van der Waals surface area (Å²) in [6, 6.07) is 10.9. The molecule has 1 heterocycles. The first-order valence-electron chi connectivity index (χ1n) is 6.28. The number of nitrogens with one attached hydrogen (secondary N) is 1. The Morgan fingerprint density at radius 2 is 2.05 bits per heavy atom. The van der Waals surface area contributed by atoms with Gasteiger partial charge in [0.15, 0.2) is 5.76 Å². The van der Waals surface area contributed by atoms with Crippen molar-refractivity contribution in [1.29, 1.82) is 0 Å².